The van der Waals surface area contributed by atoms with Gasteiger partial charge in [0.25, 0.3) is 0 Å². The molecule has 3 nitrogen and oxygen atoms in total. The summed E-state index contributed by atoms with van der Waals surface area (Å²) in [5.74, 6) is 0. The molecule has 1 heterocycles. The van der Waals surface area contributed by atoms with E-state index in [1.807, 2.05) is 18.8 Å². The van der Waals surface area contributed by atoms with E-state index >= 15 is 0 Å². The molecule has 0 atom stereocenters. The second kappa shape index (κ2) is 4.86. The topological polar surface area (TPSA) is 29.9 Å². The summed E-state index contributed by atoms with van der Waals surface area (Å²) in [6.07, 6.45) is 2.08. The minimum Gasteiger partial charge on any atom is -0.316 e. The Morgan fingerprint density at radius 2 is 1.89 bits per heavy atom. The Hall–Kier alpha value is -2.13. The lowest BCUT2D eigenvalue weighted by Crippen LogP contribution is -2.05. The Balaban J connectivity index is 2.24. The van der Waals surface area contributed by atoms with E-state index in [4.69, 9.17) is 0 Å². The fraction of sp³-hybridized carbons (Fsp3) is 0.188. The summed E-state index contributed by atoms with van der Waals surface area (Å²) in [4.78, 5) is 0. The predicted octanol–water partition coefficient (Wildman–Crippen LogP) is 2.96. The van der Waals surface area contributed by atoms with E-state index < -0.39 is 0 Å². The number of aromatic nitrogens is 2. The van der Waals surface area contributed by atoms with Crippen LogP contribution in [0.4, 0.5) is 0 Å². The highest BCUT2D eigenvalue weighted by atomic mass is 15.3. The largest absolute Gasteiger partial charge is 0.316 e. The van der Waals surface area contributed by atoms with Crippen LogP contribution < -0.4 is 5.32 Å². The first-order valence-corrected chi connectivity index (χ1v) is 6.45. The van der Waals surface area contributed by atoms with E-state index in [9.17, 15) is 0 Å². The van der Waals surface area contributed by atoms with Crippen LogP contribution in [0.1, 0.15) is 5.56 Å². The molecule has 2 aromatic carbocycles. The van der Waals surface area contributed by atoms with Gasteiger partial charge in [-0.25, -0.2) is 0 Å². The highest BCUT2D eigenvalue weighted by Gasteiger charge is 2.11. The number of hydrogen-bond acceptors (Lipinski definition) is 2. The molecule has 19 heavy (non-hydrogen) atoms. The van der Waals surface area contributed by atoms with Gasteiger partial charge in [-0.1, -0.05) is 42.5 Å². The molecule has 0 unspecified atom stereocenters. The van der Waals surface area contributed by atoms with Crippen LogP contribution >= 0.6 is 0 Å². The molecule has 0 saturated heterocycles. The lowest BCUT2D eigenvalue weighted by molar-refractivity contribution is 0.766. The van der Waals surface area contributed by atoms with Crippen molar-refractivity contribution >= 4 is 10.8 Å². The van der Waals surface area contributed by atoms with Gasteiger partial charge in [0.2, 0.25) is 0 Å². The van der Waals surface area contributed by atoms with Crippen LogP contribution in [0, 0.1) is 0 Å². The maximum Gasteiger partial charge on any atom is 0.0974 e. The van der Waals surface area contributed by atoms with E-state index in [-0.39, 0.29) is 0 Å². The van der Waals surface area contributed by atoms with Gasteiger partial charge in [0.15, 0.2) is 0 Å². The van der Waals surface area contributed by atoms with E-state index in [1.54, 1.807) is 0 Å². The lowest BCUT2D eigenvalue weighted by atomic mass is 10.00. The third kappa shape index (κ3) is 2.13. The maximum absolute atomic E-state index is 4.63. The Kier molecular flexibility index (Phi) is 3.05. The Bertz CT molecular complexity index is 708. The predicted molar refractivity (Wildman–Crippen MR) is 78.9 cm³/mol. The summed E-state index contributed by atoms with van der Waals surface area (Å²) in [5.41, 5.74) is 3.49. The Morgan fingerprint density at radius 3 is 2.74 bits per heavy atom. The van der Waals surface area contributed by atoms with E-state index in [0.717, 1.165) is 12.2 Å². The van der Waals surface area contributed by atoms with Gasteiger partial charge in [-0.15, -0.1) is 0 Å². The highest BCUT2D eigenvalue weighted by molar-refractivity contribution is 5.96. The van der Waals surface area contributed by atoms with Crippen LogP contribution in [-0.4, -0.2) is 16.8 Å². The molecule has 0 radical (unpaired) electrons. The van der Waals surface area contributed by atoms with Crippen LogP contribution in [0.15, 0.2) is 48.7 Å². The zero-order valence-corrected chi connectivity index (χ0v) is 11.2. The van der Waals surface area contributed by atoms with Crippen molar-refractivity contribution in [2.45, 2.75) is 6.54 Å². The second-order valence-electron chi connectivity index (χ2n) is 4.73. The zero-order chi connectivity index (χ0) is 13.2. The quantitative estimate of drug-likeness (QED) is 0.775. The van der Waals surface area contributed by atoms with Gasteiger partial charge in [-0.05, 0) is 17.8 Å². The first kappa shape index (κ1) is 11.9. The number of nitrogens with zero attached hydrogens (tertiary/aromatic N) is 2. The molecular formula is C16H17N3. The first-order chi connectivity index (χ1) is 9.29. The van der Waals surface area contributed by atoms with Crippen molar-refractivity contribution in [3.05, 3.63) is 54.2 Å². The molecule has 3 heteroatoms. The summed E-state index contributed by atoms with van der Waals surface area (Å²) in [7, 11) is 3.92. The molecular weight excluding hydrogens is 234 g/mol. The highest BCUT2D eigenvalue weighted by Crippen LogP contribution is 2.29. The van der Waals surface area contributed by atoms with Crippen molar-refractivity contribution in [3.8, 4) is 11.3 Å². The van der Waals surface area contributed by atoms with Crippen molar-refractivity contribution in [1.82, 2.24) is 15.1 Å². The van der Waals surface area contributed by atoms with E-state index in [1.165, 1.54) is 21.9 Å². The first-order valence-electron chi connectivity index (χ1n) is 6.45. The van der Waals surface area contributed by atoms with E-state index in [0.29, 0.717) is 0 Å². The fourth-order valence-corrected chi connectivity index (χ4v) is 2.52. The smallest absolute Gasteiger partial charge is 0.0974 e. The normalized spacial score (nSPS) is 11.1. The minimum atomic E-state index is 0.826. The summed E-state index contributed by atoms with van der Waals surface area (Å²) < 4.78 is 1.88. The zero-order valence-electron chi connectivity index (χ0n) is 11.2. The van der Waals surface area contributed by atoms with Crippen molar-refractivity contribution in [3.63, 3.8) is 0 Å². The van der Waals surface area contributed by atoms with Gasteiger partial charge in [0.1, 0.15) is 0 Å². The molecule has 3 rings (SSSR count). The lowest BCUT2D eigenvalue weighted by Gasteiger charge is -2.06. The minimum absolute atomic E-state index is 0.826. The number of aryl methyl sites for hydroxylation is 1. The summed E-state index contributed by atoms with van der Waals surface area (Å²) in [6, 6.07) is 14.8. The molecule has 0 saturated carbocycles. The summed E-state index contributed by atoms with van der Waals surface area (Å²) >= 11 is 0. The van der Waals surface area contributed by atoms with Crippen LogP contribution in [0.5, 0.6) is 0 Å². The van der Waals surface area contributed by atoms with Gasteiger partial charge >= 0.3 is 0 Å². The average molecular weight is 251 g/mol. The van der Waals surface area contributed by atoms with Crippen LogP contribution in [0.2, 0.25) is 0 Å². The summed E-state index contributed by atoms with van der Waals surface area (Å²) in [6.45, 7) is 0.826. The monoisotopic (exact) mass is 251 g/mol. The summed E-state index contributed by atoms with van der Waals surface area (Å²) in [5, 5.41) is 10.3. The number of fused-ring (bicyclic) bond motifs is 1. The Morgan fingerprint density at radius 1 is 1.11 bits per heavy atom. The molecule has 0 spiro atoms. The van der Waals surface area contributed by atoms with E-state index in [2.05, 4.69) is 59.1 Å². The van der Waals surface area contributed by atoms with Gasteiger partial charge in [-0.2, -0.15) is 5.10 Å². The molecule has 0 aliphatic rings. The SMILES string of the molecule is CNCc1cn(C)nc1-c1cccc2ccccc12. The van der Waals surface area contributed by atoms with Crippen molar-refractivity contribution in [1.29, 1.82) is 0 Å². The molecule has 0 fully saturated rings. The standard InChI is InChI=1S/C16H17N3/c1-17-10-13-11-19(2)18-16(13)15-9-5-7-12-6-3-4-8-14(12)15/h3-9,11,17H,10H2,1-2H3. The molecule has 3 aromatic rings. The number of benzene rings is 2. The number of rotatable bonds is 3. The third-order valence-corrected chi connectivity index (χ3v) is 3.32. The molecule has 1 aromatic heterocycles. The van der Waals surface area contributed by atoms with Crippen LogP contribution in [0.3, 0.4) is 0 Å². The van der Waals surface area contributed by atoms with Gasteiger partial charge in [0.05, 0.1) is 5.69 Å². The molecule has 0 aliphatic carbocycles. The van der Waals surface area contributed by atoms with Gasteiger partial charge in [0, 0.05) is 30.9 Å². The molecule has 0 aliphatic heterocycles. The molecule has 0 amide bonds. The number of hydrogen-bond donors (Lipinski definition) is 1. The second-order valence-corrected chi connectivity index (χ2v) is 4.73. The average Bonchev–Trinajstić information content (AvgIpc) is 2.79. The fourth-order valence-electron chi connectivity index (χ4n) is 2.52. The van der Waals surface area contributed by atoms with Crippen molar-refractivity contribution in [2.75, 3.05) is 7.05 Å². The van der Waals surface area contributed by atoms with Crippen LogP contribution in [0.25, 0.3) is 22.0 Å². The Labute approximate surface area is 112 Å². The van der Waals surface area contributed by atoms with Crippen LogP contribution in [-0.2, 0) is 13.6 Å². The maximum atomic E-state index is 4.63. The molecule has 96 valence electrons. The molecule has 0 bridgehead atoms. The van der Waals surface area contributed by atoms with Crippen molar-refractivity contribution < 1.29 is 0 Å². The van der Waals surface area contributed by atoms with Gasteiger partial charge < -0.3 is 5.32 Å². The molecule has 1 N–H and O–H groups in total. The number of nitrogens with one attached hydrogen (secondary N) is 1. The third-order valence-electron chi connectivity index (χ3n) is 3.32. The van der Waals surface area contributed by atoms with Gasteiger partial charge in [-0.3, -0.25) is 4.68 Å². The van der Waals surface area contributed by atoms with Crippen molar-refractivity contribution in [2.24, 2.45) is 7.05 Å².